The number of thiophene rings is 1. The molecule has 2 rings (SSSR count). The predicted molar refractivity (Wildman–Crippen MR) is 67.2 cm³/mol. The molecule has 0 bridgehead atoms. The molecule has 0 radical (unpaired) electrons. The van der Waals surface area contributed by atoms with Gasteiger partial charge in [-0.3, -0.25) is 14.2 Å². The largest absolute Gasteiger partial charge is 0.344 e. The van der Waals surface area contributed by atoms with E-state index >= 15 is 0 Å². The van der Waals surface area contributed by atoms with Crippen molar-refractivity contribution in [2.24, 2.45) is 0 Å². The van der Waals surface area contributed by atoms with Gasteiger partial charge in [0.05, 0.1) is 11.8 Å². The van der Waals surface area contributed by atoms with Crippen LogP contribution in [0.4, 0.5) is 0 Å². The van der Waals surface area contributed by atoms with Gasteiger partial charge in [0.15, 0.2) is 0 Å². The molecule has 2 aromatic heterocycles. The minimum Gasteiger partial charge on any atom is -0.344 e. The highest BCUT2D eigenvalue weighted by Gasteiger charge is 2.11. The zero-order chi connectivity index (χ0) is 12.4. The molecule has 0 aromatic carbocycles. The first-order valence-electron chi connectivity index (χ1n) is 5.30. The Morgan fingerprint density at radius 3 is 3.06 bits per heavy atom. The average molecular weight is 251 g/mol. The third-order valence-electron chi connectivity index (χ3n) is 2.64. The Bertz CT molecular complexity index is 602. The van der Waals surface area contributed by atoms with Crippen molar-refractivity contribution in [1.82, 2.24) is 14.5 Å². The van der Waals surface area contributed by atoms with Gasteiger partial charge in [0.2, 0.25) is 5.91 Å². The van der Waals surface area contributed by atoms with Crippen LogP contribution in [0.15, 0.2) is 22.6 Å². The number of fused-ring (bicyclic) bond motifs is 1. The van der Waals surface area contributed by atoms with Crippen molar-refractivity contribution in [2.45, 2.75) is 13.5 Å². The number of hydrogen-bond donors (Lipinski definition) is 0. The van der Waals surface area contributed by atoms with E-state index in [1.807, 2.05) is 12.3 Å². The van der Waals surface area contributed by atoms with Crippen LogP contribution in [0.3, 0.4) is 0 Å². The van der Waals surface area contributed by atoms with Crippen molar-refractivity contribution < 1.29 is 4.79 Å². The number of hydrogen-bond acceptors (Lipinski definition) is 4. The van der Waals surface area contributed by atoms with Gasteiger partial charge >= 0.3 is 0 Å². The highest BCUT2D eigenvalue weighted by molar-refractivity contribution is 7.17. The summed E-state index contributed by atoms with van der Waals surface area (Å²) in [5, 5.41) is 1.82. The lowest BCUT2D eigenvalue weighted by Crippen LogP contribution is -2.33. The lowest BCUT2D eigenvalue weighted by molar-refractivity contribution is -0.130. The van der Waals surface area contributed by atoms with Gasteiger partial charge in [-0.05, 0) is 18.4 Å². The van der Waals surface area contributed by atoms with Gasteiger partial charge < -0.3 is 4.90 Å². The van der Waals surface area contributed by atoms with E-state index in [0.29, 0.717) is 16.8 Å². The van der Waals surface area contributed by atoms with Crippen molar-refractivity contribution in [3.63, 3.8) is 0 Å². The Morgan fingerprint density at radius 2 is 2.35 bits per heavy atom. The molecule has 90 valence electrons. The lowest BCUT2D eigenvalue weighted by atomic mass is 10.4. The van der Waals surface area contributed by atoms with E-state index in [2.05, 4.69) is 4.98 Å². The number of rotatable bonds is 3. The molecule has 0 fully saturated rings. The molecular formula is C11H13N3O2S. The highest BCUT2D eigenvalue weighted by Crippen LogP contribution is 2.12. The highest BCUT2D eigenvalue weighted by atomic mass is 32.1. The minimum atomic E-state index is -0.150. The van der Waals surface area contributed by atoms with Gasteiger partial charge in [-0.2, -0.15) is 0 Å². The van der Waals surface area contributed by atoms with Crippen molar-refractivity contribution >= 4 is 27.5 Å². The molecule has 5 nitrogen and oxygen atoms in total. The SMILES string of the molecule is CCN(C)C(=O)Cn1cnc2ccsc2c1=O. The van der Waals surface area contributed by atoms with Crippen molar-refractivity contribution in [3.05, 3.63) is 28.1 Å². The van der Waals surface area contributed by atoms with E-state index in [1.54, 1.807) is 18.0 Å². The summed E-state index contributed by atoms with van der Waals surface area (Å²) in [6, 6.07) is 1.80. The summed E-state index contributed by atoms with van der Waals surface area (Å²) in [4.78, 5) is 29.4. The Kier molecular flexibility index (Phi) is 3.23. The van der Waals surface area contributed by atoms with Gasteiger partial charge in [0, 0.05) is 13.6 Å². The second kappa shape index (κ2) is 4.67. The van der Waals surface area contributed by atoms with Crippen LogP contribution < -0.4 is 5.56 Å². The summed E-state index contributed by atoms with van der Waals surface area (Å²) in [6.07, 6.45) is 1.43. The minimum absolute atomic E-state index is 0.0456. The smallest absolute Gasteiger partial charge is 0.271 e. The molecule has 2 heterocycles. The van der Waals surface area contributed by atoms with Crippen LogP contribution in [0.2, 0.25) is 0 Å². The fraction of sp³-hybridized carbons (Fsp3) is 0.364. The van der Waals surface area contributed by atoms with Gasteiger partial charge in [-0.15, -0.1) is 11.3 Å². The van der Waals surface area contributed by atoms with Crippen LogP contribution in [0.5, 0.6) is 0 Å². The normalized spacial score (nSPS) is 10.7. The van der Waals surface area contributed by atoms with Crippen LogP contribution in [0.25, 0.3) is 10.2 Å². The van der Waals surface area contributed by atoms with Crippen molar-refractivity contribution in [1.29, 1.82) is 0 Å². The predicted octanol–water partition coefficient (Wildman–Crippen LogP) is 0.936. The van der Waals surface area contributed by atoms with Crippen molar-refractivity contribution in [3.8, 4) is 0 Å². The van der Waals surface area contributed by atoms with E-state index in [9.17, 15) is 9.59 Å². The van der Waals surface area contributed by atoms with Gasteiger partial charge in [-0.25, -0.2) is 4.98 Å². The summed E-state index contributed by atoms with van der Waals surface area (Å²) >= 11 is 1.35. The van der Waals surface area contributed by atoms with Crippen LogP contribution in [-0.4, -0.2) is 34.0 Å². The van der Waals surface area contributed by atoms with Crippen LogP contribution in [0, 0.1) is 0 Å². The third-order valence-corrected chi connectivity index (χ3v) is 3.53. The number of amides is 1. The Labute approximate surface area is 102 Å². The Morgan fingerprint density at radius 1 is 1.59 bits per heavy atom. The zero-order valence-electron chi connectivity index (χ0n) is 9.71. The summed E-state index contributed by atoms with van der Waals surface area (Å²) in [7, 11) is 1.71. The lowest BCUT2D eigenvalue weighted by Gasteiger charge is -2.14. The molecule has 6 heteroatoms. The first-order chi connectivity index (χ1) is 8.13. The van der Waals surface area contributed by atoms with Crippen LogP contribution in [-0.2, 0) is 11.3 Å². The molecule has 1 amide bonds. The number of likely N-dealkylation sites (N-methyl/N-ethyl adjacent to an activating group) is 1. The number of carbonyl (C=O) groups is 1. The quantitative estimate of drug-likeness (QED) is 0.815. The summed E-state index contributed by atoms with van der Waals surface area (Å²) in [5.41, 5.74) is 0.537. The molecule has 2 aromatic rings. The monoisotopic (exact) mass is 251 g/mol. The van der Waals surface area contributed by atoms with Gasteiger partial charge in [0.1, 0.15) is 11.2 Å². The van der Waals surface area contributed by atoms with Gasteiger partial charge in [0.25, 0.3) is 5.56 Å². The van der Waals surface area contributed by atoms with E-state index in [0.717, 1.165) is 0 Å². The molecule has 0 atom stereocenters. The standard InChI is InChI=1S/C11H13N3O2S/c1-3-13(2)9(15)6-14-7-12-8-4-5-17-10(8)11(14)16/h4-5,7H,3,6H2,1-2H3. The summed E-state index contributed by atoms with van der Waals surface area (Å²) < 4.78 is 1.95. The number of carbonyl (C=O) groups excluding carboxylic acids is 1. The molecule has 0 unspecified atom stereocenters. The maximum absolute atomic E-state index is 12.0. The maximum Gasteiger partial charge on any atom is 0.271 e. The molecule has 0 saturated carbocycles. The third kappa shape index (κ3) is 2.21. The Balaban J connectivity index is 2.33. The number of aromatic nitrogens is 2. The topological polar surface area (TPSA) is 55.2 Å². The maximum atomic E-state index is 12.0. The van der Waals surface area contributed by atoms with Gasteiger partial charge in [-0.1, -0.05) is 0 Å². The molecule has 0 aliphatic rings. The zero-order valence-corrected chi connectivity index (χ0v) is 10.5. The van der Waals surface area contributed by atoms with Crippen molar-refractivity contribution in [2.75, 3.05) is 13.6 Å². The Hall–Kier alpha value is -1.69. The molecular weight excluding hydrogens is 238 g/mol. The second-order valence-corrected chi connectivity index (χ2v) is 4.64. The molecule has 0 aliphatic carbocycles. The van der Waals surface area contributed by atoms with Crippen LogP contribution >= 0.6 is 11.3 Å². The van der Waals surface area contributed by atoms with E-state index < -0.39 is 0 Å². The molecule has 17 heavy (non-hydrogen) atoms. The molecule has 0 saturated heterocycles. The summed E-state index contributed by atoms with van der Waals surface area (Å²) in [5.74, 6) is -0.0905. The molecule has 0 N–H and O–H groups in total. The van der Waals surface area contributed by atoms with E-state index in [4.69, 9.17) is 0 Å². The fourth-order valence-corrected chi connectivity index (χ4v) is 2.23. The van der Waals surface area contributed by atoms with E-state index in [-0.39, 0.29) is 18.0 Å². The molecule has 0 aliphatic heterocycles. The second-order valence-electron chi connectivity index (χ2n) is 3.72. The average Bonchev–Trinajstić information content (AvgIpc) is 2.80. The first kappa shape index (κ1) is 11.8. The summed E-state index contributed by atoms with van der Waals surface area (Å²) in [6.45, 7) is 2.56. The van der Waals surface area contributed by atoms with E-state index in [1.165, 1.54) is 22.2 Å². The number of nitrogens with zero attached hydrogens (tertiary/aromatic N) is 3. The fourth-order valence-electron chi connectivity index (χ4n) is 1.43. The molecule has 0 spiro atoms. The van der Waals surface area contributed by atoms with Crippen LogP contribution in [0.1, 0.15) is 6.92 Å². The first-order valence-corrected chi connectivity index (χ1v) is 6.18.